The maximum absolute atomic E-state index is 11.6. The van der Waals surface area contributed by atoms with E-state index < -0.39 is 5.75 Å². The molecule has 0 aliphatic heterocycles. The van der Waals surface area contributed by atoms with Crippen molar-refractivity contribution in [3.8, 4) is 39.5 Å². The number of furan rings is 1. The molecule has 0 saturated carbocycles. The van der Waals surface area contributed by atoms with E-state index in [-0.39, 0.29) is 11.5 Å². The lowest BCUT2D eigenvalue weighted by molar-refractivity contribution is 0.369. The van der Waals surface area contributed by atoms with Crippen LogP contribution in [-0.4, -0.2) is 23.2 Å². The second kappa shape index (κ2) is 10.3. The fourth-order valence-corrected chi connectivity index (χ4v) is 7.71. The Morgan fingerprint density at radius 2 is 1.19 bits per heavy atom. The molecule has 0 atom stereocenters. The van der Waals surface area contributed by atoms with E-state index in [1.807, 2.05) is 56.4 Å². The molecule has 4 nitrogen and oxygen atoms in total. The second-order valence-corrected chi connectivity index (χ2v) is 12.4. The van der Waals surface area contributed by atoms with Crippen LogP contribution in [0.4, 0.5) is 0 Å². The number of hydrogen-bond acceptors (Lipinski definition) is 4. The fraction of sp³-hybridized carbons (Fsp3) is 0.0476. The minimum atomic E-state index is -0.502. The fourth-order valence-electron chi connectivity index (χ4n) is 7.71. The molecule has 0 amide bonds. The topological polar surface area (TPSA) is 73.8 Å². The van der Waals surface area contributed by atoms with E-state index in [0.29, 0.717) is 11.1 Å². The van der Waals surface area contributed by atoms with Gasteiger partial charge in [0.05, 0.1) is 0 Å². The largest absolute Gasteiger partial charge is 0.504 e. The average molecular weight is 609 g/mol. The Hall–Kier alpha value is -5.94. The molecule has 0 unspecified atom stereocenters. The molecule has 0 radical (unpaired) electrons. The molecular weight excluding hydrogens is 579 g/mol. The number of aromatic hydroxyl groups is 3. The summed E-state index contributed by atoms with van der Waals surface area (Å²) in [5, 5.41) is 42.1. The predicted octanol–water partition coefficient (Wildman–Crippen LogP) is 9.49. The summed E-state index contributed by atoms with van der Waals surface area (Å²) in [5.74, 6) is -1.11. The summed E-state index contributed by atoms with van der Waals surface area (Å²) in [6.07, 6.45) is 7.61. The van der Waals surface area contributed by atoms with Crippen LogP contribution >= 0.6 is 0 Å². The molecule has 1 aliphatic carbocycles. The van der Waals surface area contributed by atoms with Crippen molar-refractivity contribution in [2.45, 2.75) is 12.8 Å². The summed E-state index contributed by atoms with van der Waals surface area (Å²) in [4.78, 5) is 0. The van der Waals surface area contributed by atoms with Crippen molar-refractivity contribution in [3.63, 3.8) is 0 Å². The lowest BCUT2D eigenvalue weighted by Crippen LogP contribution is -2.15. The Kier molecular flexibility index (Phi) is 6.00. The number of fused-ring (bicyclic) bond motifs is 7. The number of phenolic OH excluding ortho intramolecular Hbond substituents is 3. The maximum atomic E-state index is 11.6. The summed E-state index contributed by atoms with van der Waals surface area (Å²) >= 11 is 0. The number of benzene rings is 7. The highest BCUT2D eigenvalue weighted by atomic mass is 16.3. The quantitative estimate of drug-likeness (QED) is 0.106. The second-order valence-electron chi connectivity index (χ2n) is 12.4. The van der Waals surface area contributed by atoms with Crippen molar-refractivity contribution < 1.29 is 19.7 Å². The molecule has 47 heavy (non-hydrogen) atoms. The van der Waals surface area contributed by atoms with Crippen molar-refractivity contribution >= 4 is 73.1 Å². The van der Waals surface area contributed by atoms with Crippen LogP contribution < -0.4 is 5.46 Å². The van der Waals surface area contributed by atoms with Crippen LogP contribution in [0.25, 0.3) is 82.1 Å². The lowest BCUT2D eigenvalue weighted by Gasteiger charge is -2.23. The lowest BCUT2D eigenvalue weighted by atomic mass is 9.75. The normalized spacial score (nSPS) is 13.3. The summed E-state index contributed by atoms with van der Waals surface area (Å²) in [6, 6.07) is 35.4. The van der Waals surface area contributed by atoms with Gasteiger partial charge in [-0.1, -0.05) is 109 Å². The highest BCUT2D eigenvalue weighted by Crippen LogP contribution is 2.51. The summed E-state index contributed by atoms with van der Waals surface area (Å²) in [7, 11) is 1.92. The zero-order valence-electron chi connectivity index (χ0n) is 25.7. The zero-order valence-corrected chi connectivity index (χ0v) is 25.7. The van der Waals surface area contributed by atoms with Crippen molar-refractivity contribution in [3.05, 3.63) is 127 Å². The van der Waals surface area contributed by atoms with Gasteiger partial charge in [-0.3, -0.25) is 0 Å². The van der Waals surface area contributed by atoms with Gasteiger partial charge in [-0.05, 0) is 74.7 Å². The van der Waals surface area contributed by atoms with Gasteiger partial charge in [-0.25, -0.2) is 0 Å². The third-order valence-electron chi connectivity index (χ3n) is 9.84. The summed E-state index contributed by atoms with van der Waals surface area (Å²) in [6.45, 7) is 0. The van der Waals surface area contributed by atoms with Crippen molar-refractivity contribution in [2.24, 2.45) is 0 Å². The highest BCUT2D eigenvalue weighted by molar-refractivity contribution is 6.41. The minimum absolute atomic E-state index is 0.288. The molecular formula is C42H29BO4. The van der Waals surface area contributed by atoms with Crippen LogP contribution in [0, 0.1) is 0 Å². The molecule has 0 bridgehead atoms. The van der Waals surface area contributed by atoms with Gasteiger partial charge >= 0.3 is 0 Å². The predicted molar refractivity (Wildman–Crippen MR) is 197 cm³/mol. The van der Waals surface area contributed by atoms with Gasteiger partial charge in [-0.2, -0.15) is 0 Å². The molecule has 9 rings (SSSR count). The Labute approximate surface area is 271 Å². The van der Waals surface area contributed by atoms with Crippen molar-refractivity contribution in [2.75, 3.05) is 0 Å². The molecule has 3 N–H and O–H groups in total. The smallest absolute Gasteiger partial charge is 0.201 e. The minimum Gasteiger partial charge on any atom is -0.504 e. The Bertz CT molecular complexity index is 2620. The van der Waals surface area contributed by atoms with Crippen LogP contribution in [0.15, 0.2) is 126 Å². The van der Waals surface area contributed by atoms with E-state index in [0.717, 1.165) is 94.8 Å². The molecule has 0 fully saturated rings. The third kappa shape index (κ3) is 3.96. The SMILES string of the molecule is Bc1c(C2=CC=CCC2)c(O)c(O)c(O)c1-c1c2ccccc2c(-c2ccc3oc4c5ccccc5ccc4c3c2)c2ccccc12. The number of rotatable bonds is 3. The van der Waals surface area contributed by atoms with Crippen LogP contribution in [0.1, 0.15) is 18.4 Å². The van der Waals surface area contributed by atoms with E-state index >= 15 is 0 Å². The first-order valence-electron chi connectivity index (χ1n) is 15.9. The van der Waals surface area contributed by atoms with Crippen LogP contribution in [0.3, 0.4) is 0 Å². The monoisotopic (exact) mass is 608 g/mol. The van der Waals surface area contributed by atoms with Gasteiger partial charge in [0.1, 0.15) is 19.0 Å². The first-order chi connectivity index (χ1) is 23.0. The Balaban J connectivity index is 1.37. The van der Waals surface area contributed by atoms with E-state index in [1.165, 1.54) is 0 Å². The number of hydrogen-bond donors (Lipinski definition) is 3. The molecule has 8 aromatic rings. The molecule has 5 heteroatoms. The highest BCUT2D eigenvalue weighted by Gasteiger charge is 2.27. The van der Waals surface area contributed by atoms with Gasteiger partial charge in [0.15, 0.2) is 11.5 Å². The first kappa shape index (κ1) is 27.4. The maximum Gasteiger partial charge on any atom is 0.201 e. The molecule has 0 spiro atoms. The van der Waals surface area contributed by atoms with Gasteiger partial charge in [-0.15, -0.1) is 0 Å². The van der Waals surface area contributed by atoms with E-state index in [4.69, 9.17) is 4.42 Å². The van der Waals surface area contributed by atoms with Crippen LogP contribution in [0.5, 0.6) is 17.2 Å². The third-order valence-corrected chi connectivity index (χ3v) is 9.84. The molecule has 1 aliphatic rings. The number of allylic oxidation sites excluding steroid dienone is 4. The van der Waals surface area contributed by atoms with Crippen LogP contribution in [-0.2, 0) is 0 Å². The Morgan fingerprint density at radius 1 is 0.553 bits per heavy atom. The summed E-state index contributed by atoms with van der Waals surface area (Å²) < 4.78 is 6.44. The molecule has 224 valence electrons. The van der Waals surface area contributed by atoms with Crippen LogP contribution in [0.2, 0.25) is 0 Å². The zero-order chi connectivity index (χ0) is 31.8. The van der Waals surface area contributed by atoms with Gasteiger partial charge < -0.3 is 19.7 Å². The molecule has 1 aromatic heterocycles. The van der Waals surface area contributed by atoms with Gasteiger partial charge in [0, 0.05) is 32.8 Å². The molecule has 7 aromatic carbocycles. The van der Waals surface area contributed by atoms with E-state index in [1.54, 1.807) is 0 Å². The summed E-state index contributed by atoms with van der Waals surface area (Å²) in [5.41, 5.74) is 7.43. The number of phenols is 3. The van der Waals surface area contributed by atoms with E-state index in [2.05, 4.69) is 72.8 Å². The van der Waals surface area contributed by atoms with E-state index in [9.17, 15) is 15.3 Å². The average Bonchev–Trinajstić information content (AvgIpc) is 3.49. The van der Waals surface area contributed by atoms with Gasteiger partial charge in [0.25, 0.3) is 0 Å². The standard InChI is InChI=1S/C42H29BO4/c43-38-35(24-11-2-1-3-12-24)39(44)41(46)40(45)37(38)36-29-16-8-6-14-27(29)34(28-15-7-9-17-30(28)36)25-19-21-33-32(22-25)31-20-18-23-10-4-5-13-26(23)42(31)47-33/h1-2,4-11,13-22,44-46H,3,12,43H2. The molecule has 1 heterocycles. The van der Waals surface area contributed by atoms with Crippen molar-refractivity contribution in [1.29, 1.82) is 0 Å². The van der Waals surface area contributed by atoms with Crippen molar-refractivity contribution in [1.82, 2.24) is 0 Å². The first-order valence-corrected chi connectivity index (χ1v) is 15.9. The Morgan fingerprint density at radius 3 is 1.87 bits per heavy atom. The molecule has 0 saturated heterocycles. The van der Waals surface area contributed by atoms with Gasteiger partial charge in [0.2, 0.25) is 5.75 Å².